The maximum atomic E-state index is 14.0. The molecule has 2 bridgehead atoms. The summed E-state index contributed by atoms with van der Waals surface area (Å²) in [7, 11) is 0. The lowest BCUT2D eigenvalue weighted by atomic mass is 9.45. The number of amides is 2. The van der Waals surface area contributed by atoms with Crippen molar-refractivity contribution in [3.05, 3.63) is 35.9 Å². The Morgan fingerprint density at radius 1 is 1.00 bits per heavy atom. The van der Waals surface area contributed by atoms with Crippen molar-refractivity contribution in [2.24, 2.45) is 29.1 Å². The predicted molar refractivity (Wildman–Crippen MR) is 154 cm³/mol. The lowest BCUT2D eigenvalue weighted by Gasteiger charge is -2.62. The highest BCUT2D eigenvalue weighted by Crippen LogP contribution is 2.61. The molecule has 3 aliphatic carbocycles. The van der Waals surface area contributed by atoms with E-state index in [2.05, 4.69) is 73.1 Å². The van der Waals surface area contributed by atoms with Gasteiger partial charge in [-0.15, -0.1) is 0 Å². The smallest absolute Gasteiger partial charge is 0.246 e. The van der Waals surface area contributed by atoms with Gasteiger partial charge in [0, 0.05) is 19.6 Å². The molecule has 1 aromatic carbocycles. The molecule has 210 valence electrons. The molecule has 1 unspecified atom stereocenters. The van der Waals surface area contributed by atoms with Crippen molar-refractivity contribution in [2.75, 3.05) is 26.2 Å². The van der Waals surface area contributed by atoms with E-state index in [0.29, 0.717) is 23.2 Å². The molecule has 5 heteroatoms. The summed E-state index contributed by atoms with van der Waals surface area (Å²) in [5, 5.41) is 3.20. The molecule has 2 heterocycles. The average molecular weight is 522 g/mol. The van der Waals surface area contributed by atoms with Gasteiger partial charge in [0.15, 0.2) is 0 Å². The Labute approximate surface area is 231 Å². The second-order valence-electron chi connectivity index (χ2n) is 14.0. The summed E-state index contributed by atoms with van der Waals surface area (Å²) >= 11 is 0. The number of carbonyl (C=O) groups excluding carboxylic acids is 2. The monoisotopic (exact) mass is 521 g/mol. The molecule has 2 amide bonds. The van der Waals surface area contributed by atoms with Crippen LogP contribution in [0.15, 0.2) is 30.3 Å². The number of unbranched alkanes of at least 4 members (excludes halogenated alkanes) is 2. The van der Waals surface area contributed by atoms with Crippen LogP contribution in [0.25, 0.3) is 0 Å². The summed E-state index contributed by atoms with van der Waals surface area (Å²) in [6.07, 6.45) is 10.9. The topological polar surface area (TPSA) is 52.7 Å². The average Bonchev–Trinajstić information content (AvgIpc) is 2.91. The minimum Gasteiger partial charge on any atom is -0.342 e. The standard InChI is InChI=1S/C33H51N3O2/c1-24(2)21-29-30(37)36(23-26-14-15-27-22-28(26)32(27,3)4)33(31(38)34-29)16-19-35(20-17-33)18-10-6-9-13-25-11-7-5-8-12-25/h5,7-8,11-12,24,26-29H,6,9-10,13-23H2,1-4H3,(H,34,38)/t26-,27+,28?,29+/m1/s1. The van der Waals surface area contributed by atoms with Gasteiger partial charge in [0.05, 0.1) is 0 Å². The third-order valence-corrected chi connectivity index (χ3v) is 10.9. The number of benzene rings is 1. The Hall–Kier alpha value is -1.88. The van der Waals surface area contributed by atoms with Crippen LogP contribution >= 0.6 is 0 Å². The van der Waals surface area contributed by atoms with Gasteiger partial charge >= 0.3 is 0 Å². The van der Waals surface area contributed by atoms with Crippen molar-refractivity contribution in [2.45, 2.75) is 103 Å². The second-order valence-corrected chi connectivity index (χ2v) is 14.0. The highest BCUT2D eigenvalue weighted by molar-refractivity contribution is 6.00. The molecule has 0 radical (unpaired) electrons. The molecule has 5 nitrogen and oxygen atoms in total. The Morgan fingerprint density at radius 3 is 2.39 bits per heavy atom. The first kappa shape index (κ1) is 27.7. The van der Waals surface area contributed by atoms with E-state index in [1.54, 1.807) is 0 Å². The fourth-order valence-electron chi connectivity index (χ4n) is 8.32. The van der Waals surface area contributed by atoms with Gasteiger partial charge < -0.3 is 15.1 Å². The van der Waals surface area contributed by atoms with E-state index >= 15 is 0 Å². The summed E-state index contributed by atoms with van der Waals surface area (Å²) in [6, 6.07) is 10.4. The molecular weight excluding hydrogens is 470 g/mol. The molecule has 3 saturated carbocycles. The number of nitrogens with one attached hydrogen (secondary N) is 1. The minimum atomic E-state index is -0.654. The van der Waals surface area contributed by atoms with Gasteiger partial charge in [-0.1, -0.05) is 64.4 Å². The van der Waals surface area contributed by atoms with Gasteiger partial charge in [-0.05, 0) is 99.0 Å². The summed E-state index contributed by atoms with van der Waals surface area (Å²) in [5.74, 6) is 2.76. The first-order chi connectivity index (χ1) is 18.2. The van der Waals surface area contributed by atoms with Gasteiger partial charge in [-0.25, -0.2) is 0 Å². The fourth-order valence-corrected chi connectivity index (χ4v) is 8.32. The zero-order chi connectivity index (χ0) is 26.9. The van der Waals surface area contributed by atoms with E-state index in [0.717, 1.165) is 57.8 Å². The molecule has 1 N–H and O–H groups in total. The summed E-state index contributed by atoms with van der Waals surface area (Å²) in [5.41, 5.74) is 1.16. The molecule has 4 atom stereocenters. The number of carbonyl (C=O) groups is 2. The first-order valence-electron chi connectivity index (χ1n) is 15.6. The van der Waals surface area contributed by atoms with Crippen molar-refractivity contribution in [1.82, 2.24) is 15.1 Å². The lowest BCUT2D eigenvalue weighted by molar-refractivity contribution is -0.168. The van der Waals surface area contributed by atoms with Crippen LogP contribution in [-0.2, 0) is 16.0 Å². The number of nitrogens with zero attached hydrogens (tertiary/aromatic N) is 2. The number of piperidine rings is 1. The van der Waals surface area contributed by atoms with E-state index in [1.165, 1.54) is 44.1 Å². The number of likely N-dealkylation sites (tertiary alicyclic amines) is 1. The highest BCUT2D eigenvalue weighted by Gasteiger charge is 2.58. The quantitative estimate of drug-likeness (QED) is 0.403. The van der Waals surface area contributed by atoms with Gasteiger partial charge in [-0.2, -0.15) is 0 Å². The molecule has 6 rings (SSSR count). The molecular formula is C33H51N3O2. The fraction of sp³-hybridized carbons (Fsp3) is 0.758. The number of piperazine rings is 1. The summed E-state index contributed by atoms with van der Waals surface area (Å²) in [6.45, 7) is 12.8. The number of hydrogen-bond donors (Lipinski definition) is 1. The van der Waals surface area contributed by atoms with Crippen LogP contribution in [0.2, 0.25) is 0 Å². The summed E-state index contributed by atoms with van der Waals surface area (Å²) < 4.78 is 0. The van der Waals surface area contributed by atoms with Crippen molar-refractivity contribution < 1.29 is 9.59 Å². The number of hydrogen-bond acceptors (Lipinski definition) is 3. The highest BCUT2D eigenvalue weighted by atomic mass is 16.2. The molecule has 2 aliphatic heterocycles. The zero-order valence-electron chi connectivity index (χ0n) is 24.4. The number of rotatable bonds is 10. The molecule has 2 saturated heterocycles. The SMILES string of the molecule is CC(C)C[C@@H]1NC(=O)C2(CCN(CCCCCc3ccccc3)CC2)N(C[C@H]2CC[C@H]3CC2C3(C)C)C1=O. The van der Waals surface area contributed by atoms with E-state index in [1.807, 2.05) is 0 Å². The van der Waals surface area contributed by atoms with Crippen molar-refractivity contribution in [3.63, 3.8) is 0 Å². The normalized spacial score (nSPS) is 30.4. The van der Waals surface area contributed by atoms with Crippen molar-refractivity contribution in [3.8, 4) is 0 Å². The Morgan fingerprint density at radius 2 is 1.74 bits per heavy atom. The zero-order valence-corrected chi connectivity index (χ0v) is 24.4. The lowest BCUT2D eigenvalue weighted by Crippen LogP contribution is -2.74. The Balaban J connectivity index is 1.20. The van der Waals surface area contributed by atoms with Gasteiger partial charge in [0.1, 0.15) is 11.6 Å². The van der Waals surface area contributed by atoms with Crippen LogP contribution in [0.4, 0.5) is 0 Å². The van der Waals surface area contributed by atoms with Crippen molar-refractivity contribution >= 4 is 11.8 Å². The maximum Gasteiger partial charge on any atom is 0.246 e. The van der Waals surface area contributed by atoms with E-state index in [4.69, 9.17) is 0 Å². The van der Waals surface area contributed by atoms with Gasteiger partial charge in [-0.3, -0.25) is 9.59 Å². The molecule has 1 aromatic rings. The van der Waals surface area contributed by atoms with E-state index in [9.17, 15) is 9.59 Å². The van der Waals surface area contributed by atoms with Crippen LogP contribution in [0.5, 0.6) is 0 Å². The van der Waals surface area contributed by atoms with E-state index < -0.39 is 5.54 Å². The molecule has 0 aromatic heterocycles. The molecule has 38 heavy (non-hydrogen) atoms. The van der Waals surface area contributed by atoms with Gasteiger partial charge in [0.2, 0.25) is 11.8 Å². The van der Waals surface area contributed by atoms with Crippen LogP contribution in [-0.4, -0.2) is 59.4 Å². The second kappa shape index (κ2) is 11.3. The predicted octanol–water partition coefficient (Wildman–Crippen LogP) is 5.68. The Kier molecular flexibility index (Phi) is 8.24. The number of fused-ring (bicyclic) bond motifs is 2. The van der Waals surface area contributed by atoms with E-state index in [-0.39, 0.29) is 17.9 Å². The third kappa shape index (κ3) is 5.42. The molecule has 5 fully saturated rings. The summed E-state index contributed by atoms with van der Waals surface area (Å²) in [4.78, 5) is 32.4. The molecule has 5 aliphatic rings. The van der Waals surface area contributed by atoms with Crippen molar-refractivity contribution in [1.29, 1.82) is 0 Å². The molecule has 1 spiro atoms. The van der Waals surface area contributed by atoms with Crippen LogP contribution < -0.4 is 5.32 Å². The van der Waals surface area contributed by atoms with Crippen LogP contribution in [0, 0.1) is 29.1 Å². The Bertz CT molecular complexity index is 964. The minimum absolute atomic E-state index is 0.117. The van der Waals surface area contributed by atoms with Gasteiger partial charge in [0.25, 0.3) is 0 Å². The number of aryl methyl sites for hydroxylation is 1. The van der Waals surface area contributed by atoms with Crippen LogP contribution in [0.1, 0.15) is 91.0 Å². The maximum absolute atomic E-state index is 14.0. The first-order valence-corrected chi connectivity index (χ1v) is 15.6. The largest absolute Gasteiger partial charge is 0.342 e. The van der Waals surface area contributed by atoms with Crippen LogP contribution in [0.3, 0.4) is 0 Å². The third-order valence-electron chi connectivity index (χ3n) is 10.9.